The maximum atomic E-state index is 12.3. The van der Waals surface area contributed by atoms with Crippen molar-refractivity contribution in [2.75, 3.05) is 18.1 Å². The maximum Gasteiger partial charge on any atom is 1.00 e. The number of fused-ring (bicyclic) bond motifs is 1. The van der Waals surface area contributed by atoms with E-state index in [9.17, 15) is 44.7 Å². The predicted octanol–water partition coefficient (Wildman–Crippen LogP) is -8.06. The van der Waals surface area contributed by atoms with Crippen LogP contribution in [0.4, 0.5) is 17.1 Å². The van der Waals surface area contributed by atoms with Crippen molar-refractivity contribution in [3.63, 3.8) is 0 Å². The summed E-state index contributed by atoms with van der Waals surface area (Å²) < 4.78 is 102. The zero-order chi connectivity index (χ0) is 28.3. The standard InChI is InChI=1S/C18H17N3O13S4.3Na/c19-17-15(38(29,30)31)8-10-7-13(37(26,27)28)9-14(22)16(10)18(17)21-20-11-1-3-12(4-2-11)36(24,25)6-5-32-35-34-33-23;;;/h1-4,7-9,22-23H,5-6,19H2,(H,26,27,28)(H,29,30,31);;;/q;3*+1/p-3. The molecule has 0 amide bonds. The minimum Gasteiger partial charge on any atom is -0.744 e. The van der Waals surface area contributed by atoms with Gasteiger partial charge in [-0.05, 0) is 47.9 Å². The Morgan fingerprint density at radius 1 is 0.878 bits per heavy atom. The average Bonchev–Trinajstić information content (AvgIpc) is 2.82. The van der Waals surface area contributed by atoms with Crippen molar-refractivity contribution in [3.8, 4) is 5.75 Å². The van der Waals surface area contributed by atoms with Crippen LogP contribution in [0, 0.1) is 0 Å². The van der Waals surface area contributed by atoms with Gasteiger partial charge in [-0.15, -0.1) is 9.45 Å². The molecule has 0 bridgehead atoms. The first-order valence-corrected chi connectivity index (χ1v) is 14.8. The van der Waals surface area contributed by atoms with Crippen molar-refractivity contribution >= 4 is 70.2 Å². The Labute approximate surface area is 304 Å². The number of azo groups is 1. The molecular weight excluding hydrogens is 663 g/mol. The Morgan fingerprint density at radius 2 is 1.49 bits per heavy atom. The summed E-state index contributed by atoms with van der Waals surface area (Å²) in [6.07, 6.45) is 0. The number of benzene rings is 3. The number of aromatic hydroxyl groups is 1. The van der Waals surface area contributed by atoms with Gasteiger partial charge in [0.15, 0.2) is 22.2 Å². The van der Waals surface area contributed by atoms with Gasteiger partial charge < -0.3 is 25.2 Å². The van der Waals surface area contributed by atoms with Gasteiger partial charge in [0.05, 0.1) is 43.8 Å². The first-order chi connectivity index (χ1) is 17.6. The molecule has 0 spiro atoms. The zero-order valence-corrected chi connectivity index (χ0v) is 30.7. The molecule has 41 heavy (non-hydrogen) atoms. The normalized spacial score (nSPS) is 12.0. The van der Waals surface area contributed by atoms with Crippen LogP contribution in [0.2, 0.25) is 0 Å². The molecule has 0 radical (unpaired) electrons. The van der Waals surface area contributed by atoms with E-state index in [0.717, 1.165) is 18.2 Å². The number of phenols is 1. The Bertz CT molecular complexity index is 1720. The number of phenolic OH excluding ortho intramolecular Hbond substituents is 1. The number of nitrogen functional groups attached to an aromatic ring is 1. The summed E-state index contributed by atoms with van der Waals surface area (Å²) in [6, 6.07) is 6.77. The van der Waals surface area contributed by atoms with E-state index in [0.29, 0.717) is 12.1 Å². The monoisotopic (exact) mass is 677 g/mol. The molecule has 3 rings (SSSR count). The third kappa shape index (κ3) is 10.9. The maximum absolute atomic E-state index is 12.3. The van der Waals surface area contributed by atoms with Gasteiger partial charge in [-0.1, -0.05) is 0 Å². The molecule has 0 saturated carbocycles. The number of sulfone groups is 1. The fourth-order valence-electron chi connectivity index (χ4n) is 3.07. The molecule has 16 nitrogen and oxygen atoms in total. The summed E-state index contributed by atoms with van der Waals surface area (Å²) in [5.41, 5.74) is 4.58. The van der Waals surface area contributed by atoms with Gasteiger partial charge in [-0.2, -0.15) is 5.11 Å². The molecule has 0 unspecified atom stereocenters. The smallest absolute Gasteiger partial charge is 0.744 e. The van der Waals surface area contributed by atoms with Crippen LogP contribution >= 0.6 is 12.3 Å². The van der Waals surface area contributed by atoms with E-state index in [-0.39, 0.29) is 129 Å². The molecule has 0 atom stereocenters. The molecule has 0 aromatic heterocycles. The number of rotatable bonds is 11. The first kappa shape index (κ1) is 41.1. The van der Waals surface area contributed by atoms with Gasteiger partial charge in [-0.3, -0.25) is 9.22 Å². The van der Waals surface area contributed by atoms with Gasteiger partial charge in [0.1, 0.15) is 31.7 Å². The van der Waals surface area contributed by atoms with Crippen LogP contribution in [0.5, 0.6) is 5.75 Å². The Balaban J connectivity index is 0.00000533. The Hall–Kier alpha value is 0.0800. The molecule has 0 aliphatic rings. The second-order valence-corrected chi connectivity index (χ2v) is 12.5. The summed E-state index contributed by atoms with van der Waals surface area (Å²) in [6.45, 7) is -0.345. The van der Waals surface area contributed by atoms with E-state index >= 15 is 0 Å². The zero-order valence-electron chi connectivity index (χ0n) is 21.4. The van der Waals surface area contributed by atoms with Crippen LogP contribution in [0.25, 0.3) is 10.8 Å². The molecule has 3 aromatic carbocycles. The molecule has 0 fully saturated rings. The number of nitrogens with two attached hydrogens (primary N) is 1. The van der Waals surface area contributed by atoms with Crippen molar-refractivity contribution in [2.24, 2.45) is 10.2 Å². The first-order valence-electron chi connectivity index (χ1n) is 9.65. The van der Waals surface area contributed by atoms with Crippen LogP contribution in [-0.2, 0) is 43.6 Å². The topological polar surface area (TPSA) is 270 Å². The second-order valence-electron chi connectivity index (χ2n) is 7.12. The van der Waals surface area contributed by atoms with Gasteiger partial charge in [-0.25, -0.2) is 25.3 Å². The summed E-state index contributed by atoms with van der Waals surface area (Å²) in [5, 5.41) is 30.0. The second kappa shape index (κ2) is 17.0. The fourth-order valence-corrected chi connectivity index (χ4v) is 5.65. The Morgan fingerprint density at radius 3 is 2.02 bits per heavy atom. The van der Waals surface area contributed by atoms with Crippen molar-refractivity contribution in [1.82, 2.24) is 0 Å². The van der Waals surface area contributed by atoms with Gasteiger partial charge in [0.25, 0.3) is 0 Å². The molecule has 0 aliphatic heterocycles. The van der Waals surface area contributed by atoms with Crippen LogP contribution in [0.1, 0.15) is 0 Å². The Kier molecular flexibility index (Phi) is 17.0. The minimum atomic E-state index is -5.22. The largest absolute Gasteiger partial charge is 1.00 e. The summed E-state index contributed by atoms with van der Waals surface area (Å²) in [4.78, 5) is -2.05. The van der Waals surface area contributed by atoms with Gasteiger partial charge >= 0.3 is 88.7 Å². The van der Waals surface area contributed by atoms with Gasteiger partial charge in [0.2, 0.25) is 0 Å². The van der Waals surface area contributed by atoms with E-state index < -0.39 is 62.7 Å². The molecule has 206 valence electrons. The third-order valence-electron chi connectivity index (χ3n) is 4.72. The predicted molar refractivity (Wildman–Crippen MR) is 124 cm³/mol. The molecule has 0 saturated heterocycles. The van der Waals surface area contributed by atoms with E-state index in [1.54, 1.807) is 0 Å². The number of hydrogen-bond acceptors (Lipinski definition) is 17. The summed E-state index contributed by atoms with van der Waals surface area (Å²) >= 11 is 0.146. The molecule has 0 heterocycles. The van der Waals surface area contributed by atoms with Crippen LogP contribution in [0.15, 0.2) is 67.4 Å². The van der Waals surface area contributed by atoms with Crippen molar-refractivity contribution in [1.29, 1.82) is 0 Å². The average molecular weight is 678 g/mol. The summed E-state index contributed by atoms with van der Waals surface area (Å²) in [5.74, 6) is -1.30. The molecular formula is C18H14N3Na3O13S4. The van der Waals surface area contributed by atoms with E-state index in [1.807, 2.05) is 0 Å². The van der Waals surface area contributed by atoms with E-state index in [2.05, 4.69) is 23.8 Å². The van der Waals surface area contributed by atoms with Crippen LogP contribution in [-0.4, -0.2) is 51.8 Å². The van der Waals surface area contributed by atoms with Crippen LogP contribution in [0.3, 0.4) is 0 Å². The summed E-state index contributed by atoms with van der Waals surface area (Å²) in [7, 11) is -14.1. The number of nitrogens with zero attached hydrogens (tertiary/aromatic N) is 2. The van der Waals surface area contributed by atoms with Crippen molar-refractivity contribution in [2.45, 2.75) is 14.7 Å². The fraction of sp³-hybridized carbons (Fsp3) is 0.111. The molecule has 23 heteroatoms. The van der Waals surface area contributed by atoms with Crippen molar-refractivity contribution < 1.29 is 147 Å². The van der Waals surface area contributed by atoms with E-state index in [1.165, 1.54) is 12.1 Å². The van der Waals surface area contributed by atoms with Crippen molar-refractivity contribution in [3.05, 3.63) is 42.5 Å². The molecule has 0 aliphatic carbocycles. The van der Waals surface area contributed by atoms with E-state index in [4.69, 9.17) is 5.73 Å². The third-order valence-corrected chi connectivity index (χ3v) is 8.48. The minimum absolute atomic E-state index is 0. The SMILES string of the molecule is Nc1c(S(=O)(=O)[O-])cc2cc(S(=O)(=O)[O-])cc(O)c2c1N=Nc1ccc(S(=O)(=O)CCOSOO[O-])cc1.[Na+].[Na+].[Na+]. The number of anilines is 1. The molecule has 3 N–H and O–H groups in total. The molecule has 3 aromatic rings. The van der Waals surface area contributed by atoms with Crippen LogP contribution < -0.4 is 99.7 Å². The van der Waals surface area contributed by atoms with Gasteiger partial charge in [0, 0.05) is 0 Å². The quantitative estimate of drug-likeness (QED) is 0.0279. The number of hydrogen-bond donors (Lipinski definition) is 2.